The minimum Gasteiger partial charge on any atom is -0.479 e. The van der Waals surface area contributed by atoms with Crippen molar-refractivity contribution in [3.63, 3.8) is 0 Å². The van der Waals surface area contributed by atoms with Crippen LogP contribution in [0.4, 0.5) is 0 Å². The Kier molecular flexibility index (Phi) is 12.4. The number of nitrogens with one attached hydrogen (secondary N) is 1. The largest absolute Gasteiger partial charge is 0.479 e. The maximum Gasteiger partial charge on any atom is 0.335 e. The second-order valence-electron chi connectivity index (χ2n) is 6.20. The van der Waals surface area contributed by atoms with Crippen molar-refractivity contribution in [3.8, 4) is 0 Å². The summed E-state index contributed by atoms with van der Waals surface area (Å²) in [6, 6.07) is 9.72. The fourth-order valence-electron chi connectivity index (χ4n) is 2.11. The molecular formula is C18H29N3O7. The van der Waals surface area contributed by atoms with Crippen LogP contribution in [0.1, 0.15) is 25.3 Å². The highest BCUT2D eigenvalue weighted by Gasteiger charge is 2.29. The van der Waals surface area contributed by atoms with E-state index in [-0.39, 0.29) is 11.9 Å². The maximum absolute atomic E-state index is 11.8. The minimum atomic E-state index is -2.27. The lowest BCUT2D eigenvalue weighted by atomic mass is 10.1. The van der Waals surface area contributed by atoms with E-state index >= 15 is 0 Å². The van der Waals surface area contributed by atoms with Gasteiger partial charge in [-0.25, -0.2) is 9.59 Å². The van der Waals surface area contributed by atoms with Crippen LogP contribution in [-0.2, 0) is 20.8 Å². The summed E-state index contributed by atoms with van der Waals surface area (Å²) in [7, 11) is 0. The van der Waals surface area contributed by atoms with Gasteiger partial charge in [0.05, 0.1) is 6.04 Å². The van der Waals surface area contributed by atoms with Crippen LogP contribution >= 0.6 is 0 Å². The lowest BCUT2D eigenvalue weighted by molar-refractivity contribution is -0.165. The standard InChI is InChI=1S/C14H23N3O.C4H6O6/c1-11(10-12-6-3-2-4-7-12)17-14(18)13(16)8-5-9-15;5-1(3(7)8)2(6)4(9)10/h2-4,6-7,11,13H,5,8-10,15-16H2,1H3,(H,17,18);1-2,5-6H,(H,7,8)(H,9,10). The Morgan fingerprint density at radius 2 is 1.54 bits per heavy atom. The van der Waals surface area contributed by atoms with E-state index in [4.69, 9.17) is 31.9 Å². The number of nitrogens with two attached hydrogens (primary N) is 2. The normalized spacial score (nSPS) is 14.6. The molecule has 0 bridgehead atoms. The highest BCUT2D eigenvalue weighted by atomic mass is 16.4. The molecule has 10 nitrogen and oxygen atoms in total. The molecule has 0 saturated carbocycles. The summed E-state index contributed by atoms with van der Waals surface area (Å²) in [6.07, 6.45) is -2.30. The molecule has 0 heterocycles. The molecule has 0 saturated heterocycles. The molecule has 1 aromatic carbocycles. The van der Waals surface area contributed by atoms with Gasteiger partial charge >= 0.3 is 11.9 Å². The number of aliphatic hydroxyl groups excluding tert-OH is 2. The van der Waals surface area contributed by atoms with E-state index in [2.05, 4.69) is 17.4 Å². The number of carboxylic acid groups (broad SMARTS) is 2. The van der Waals surface area contributed by atoms with Crippen molar-refractivity contribution in [1.29, 1.82) is 0 Å². The smallest absolute Gasteiger partial charge is 0.335 e. The molecule has 10 heteroatoms. The van der Waals surface area contributed by atoms with E-state index < -0.39 is 30.2 Å². The van der Waals surface area contributed by atoms with Crippen molar-refractivity contribution >= 4 is 17.8 Å². The minimum absolute atomic E-state index is 0.0869. The number of carboxylic acids is 2. The van der Waals surface area contributed by atoms with E-state index in [0.717, 1.165) is 12.8 Å². The Balaban J connectivity index is 0.000000621. The van der Waals surface area contributed by atoms with Crippen molar-refractivity contribution in [2.24, 2.45) is 11.5 Å². The summed E-state index contributed by atoms with van der Waals surface area (Å²) in [5.41, 5.74) is 12.4. The Morgan fingerprint density at radius 3 is 1.96 bits per heavy atom. The third-order valence-electron chi connectivity index (χ3n) is 3.63. The van der Waals surface area contributed by atoms with Crippen LogP contribution < -0.4 is 16.8 Å². The highest BCUT2D eigenvalue weighted by molar-refractivity contribution is 5.83. The van der Waals surface area contributed by atoms with Crippen molar-refractivity contribution < 1.29 is 34.8 Å². The molecule has 28 heavy (non-hydrogen) atoms. The molecule has 1 amide bonds. The van der Waals surface area contributed by atoms with Crippen LogP contribution in [0.15, 0.2) is 30.3 Å². The fourth-order valence-corrected chi connectivity index (χ4v) is 2.11. The molecule has 0 spiro atoms. The summed E-state index contributed by atoms with van der Waals surface area (Å²) in [5.74, 6) is -3.63. The van der Waals surface area contributed by atoms with Gasteiger partial charge in [-0.05, 0) is 38.3 Å². The van der Waals surface area contributed by atoms with Crippen molar-refractivity contribution in [3.05, 3.63) is 35.9 Å². The lowest BCUT2D eigenvalue weighted by Gasteiger charge is -2.17. The molecular weight excluding hydrogens is 370 g/mol. The van der Waals surface area contributed by atoms with Gasteiger partial charge in [0.1, 0.15) is 0 Å². The second kappa shape index (κ2) is 13.6. The third kappa shape index (κ3) is 10.6. The first-order valence-corrected chi connectivity index (χ1v) is 8.71. The van der Waals surface area contributed by atoms with Crippen molar-refractivity contribution in [2.45, 2.75) is 50.5 Å². The van der Waals surface area contributed by atoms with Crippen LogP contribution in [0.2, 0.25) is 0 Å². The Morgan fingerprint density at radius 1 is 1.04 bits per heavy atom. The molecule has 9 N–H and O–H groups in total. The van der Waals surface area contributed by atoms with Gasteiger partial charge in [0.25, 0.3) is 0 Å². The lowest BCUT2D eigenvalue weighted by Crippen LogP contribution is -2.45. The molecule has 0 aromatic heterocycles. The summed E-state index contributed by atoms with van der Waals surface area (Å²) >= 11 is 0. The van der Waals surface area contributed by atoms with E-state index in [9.17, 15) is 14.4 Å². The zero-order valence-electron chi connectivity index (χ0n) is 15.7. The summed E-state index contributed by atoms with van der Waals surface area (Å²) in [6.45, 7) is 2.56. The fraction of sp³-hybridized carbons (Fsp3) is 0.500. The van der Waals surface area contributed by atoms with Crippen LogP contribution in [0.3, 0.4) is 0 Å². The zero-order valence-corrected chi connectivity index (χ0v) is 15.7. The van der Waals surface area contributed by atoms with Crippen LogP contribution in [0.5, 0.6) is 0 Å². The Bertz CT molecular complexity index is 594. The van der Waals surface area contributed by atoms with E-state index in [0.29, 0.717) is 13.0 Å². The van der Waals surface area contributed by atoms with Gasteiger partial charge in [0, 0.05) is 6.04 Å². The first-order valence-electron chi connectivity index (χ1n) is 8.71. The number of hydrogen-bond acceptors (Lipinski definition) is 7. The topological polar surface area (TPSA) is 196 Å². The third-order valence-corrected chi connectivity index (χ3v) is 3.63. The number of rotatable bonds is 10. The number of carbonyl (C=O) groups excluding carboxylic acids is 1. The molecule has 0 aliphatic rings. The number of aliphatic hydroxyl groups is 2. The van der Waals surface area contributed by atoms with Gasteiger partial charge in [-0.3, -0.25) is 4.79 Å². The molecule has 4 unspecified atom stereocenters. The van der Waals surface area contributed by atoms with E-state index in [1.807, 2.05) is 25.1 Å². The first kappa shape index (κ1) is 25.5. The molecule has 4 atom stereocenters. The molecule has 1 aromatic rings. The van der Waals surface area contributed by atoms with Crippen LogP contribution in [0, 0.1) is 0 Å². The molecule has 0 fully saturated rings. The molecule has 0 aliphatic carbocycles. The van der Waals surface area contributed by atoms with Gasteiger partial charge in [0.2, 0.25) is 5.91 Å². The van der Waals surface area contributed by atoms with Gasteiger partial charge in [-0.2, -0.15) is 0 Å². The Hall–Kier alpha value is -2.53. The zero-order chi connectivity index (χ0) is 21.7. The summed E-state index contributed by atoms with van der Waals surface area (Å²) < 4.78 is 0. The number of hydrogen-bond donors (Lipinski definition) is 7. The maximum atomic E-state index is 11.8. The molecule has 1 rings (SSSR count). The predicted octanol–water partition coefficient (Wildman–Crippen LogP) is -1.32. The van der Waals surface area contributed by atoms with E-state index in [1.165, 1.54) is 5.56 Å². The van der Waals surface area contributed by atoms with Gasteiger partial charge in [-0.15, -0.1) is 0 Å². The number of benzene rings is 1. The van der Waals surface area contributed by atoms with Crippen molar-refractivity contribution in [1.82, 2.24) is 5.32 Å². The van der Waals surface area contributed by atoms with Gasteiger partial charge in [0.15, 0.2) is 12.2 Å². The molecule has 158 valence electrons. The van der Waals surface area contributed by atoms with Crippen molar-refractivity contribution in [2.75, 3.05) is 6.54 Å². The monoisotopic (exact) mass is 399 g/mol. The van der Waals surface area contributed by atoms with Crippen LogP contribution in [0.25, 0.3) is 0 Å². The van der Waals surface area contributed by atoms with Gasteiger partial charge < -0.3 is 37.2 Å². The van der Waals surface area contributed by atoms with E-state index in [1.54, 1.807) is 0 Å². The summed E-state index contributed by atoms with van der Waals surface area (Å²) in [4.78, 5) is 31.3. The molecule has 0 radical (unpaired) electrons. The number of aliphatic carboxylic acids is 2. The Labute approximate surface area is 163 Å². The summed E-state index contributed by atoms with van der Waals surface area (Å²) in [5, 5.41) is 35.5. The quantitative estimate of drug-likeness (QED) is 0.249. The highest BCUT2D eigenvalue weighted by Crippen LogP contribution is 2.03. The number of carbonyl (C=O) groups is 3. The van der Waals surface area contributed by atoms with Crippen LogP contribution in [-0.4, -0.2) is 69.1 Å². The average molecular weight is 399 g/mol. The average Bonchev–Trinajstić information content (AvgIpc) is 2.65. The first-order chi connectivity index (χ1) is 13.1. The SMILES string of the molecule is CC(Cc1ccccc1)NC(=O)C(N)CCCN.O=C(O)C(O)C(O)C(=O)O. The van der Waals surface area contributed by atoms with Gasteiger partial charge in [-0.1, -0.05) is 30.3 Å². The molecule has 0 aliphatic heterocycles. The predicted molar refractivity (Wildman–Crippen MR) is 101 cm³/mol. The number of amides is 1. The second-order valence-corrected chi connectivity index (χ2v) is 6.20.